The molecule has 0 N–H and O–H groups in total. The Bertz CT molecular complexity index is 3110. The second kappa shape index (κ2) is 10.1. The van der Waals surface area contributed by atoms with E-state index in [0.717, 1.165) is 60.6 Å². The molecular formula is C44H26N4S. The van der Waals surface area contributed by atoms with E-state index in [1.54, 1.807) is 11.3 Å². The summed E-state index contributed by atoms with van der Waals surface area (Å²) in [6.07, 6.45) is 0. The minimum Gasteiger partial charge on any atom is -0.309 e. The molecule has 4 aromatic heterocycles. The van der Waals surface area contributed by atoms with E-state index in [9.17, 15) is 0 Å². The number of nitrogens with zero attached hydrogens (tertiary/aromatic N) is 4. The van der Waals surface area contributed by atoms with Gasteiger partial charge < -0.3 is 4.57 Å². The molecule has 0 radical (unpaired) electrons. The van der Waals surface area contributed by atoms with E-state index < -0.39 is 0 Å². The largest absolute Gasteiger partial charge is 0.309 e. The van der Waals surface area contributed by atoms with Crippen molar-refractivity contribution < 1.29 is 0 Å². The number of rotatable bonds is 3. The summed E-state index contributed by atoms with van der Waals surface area (Å²) in [6.45, 7) is 0. The zero-order chi connectivity index (χ0) is 32.1. The molecule has 4 nitrogen and oxygen atoms in total. The molecule has 0 unspecified atom stereocenters. The second-order valence-corrected chi connectivity index (χ2v) is 13.6. The van der Waals surface area contributed by atoms with Crippen molar-refractivity contribution in [3.05, 3.63) is 158 Å². The van der Waals surface area contributed by atoms with Gasteiger partial charge in [0.2, 0.25) is 0 Å². The lowest BCUT2D eigenvalue weighted by molar-refractivity contribution is 1.09. The molecule has 0 saturated heterocycles. The number of aromatic nitrogens is 4. The molecular weight excluding hydrogens is 617 g/mol. The minimum absolute atomic E-state index is 0.835. The monoisotopic (exact) mass is 642 g/mol. The Kier molecular flexibility index (Phi) is 5.51. The molecule has 49 heavy (non-hydrogen) atoms. The molecule has 4 heterocycles. The normalized spacial score (nSPS) is 12.1. The third-order valence-corrected chi connectivity index (χ3v) is 11.0. The summed E-state index contributed by atoms with van der Waals surface area (Å²) in [4.78, 5) is 12.1. The maximum absolute atomic E-state index is 5.62. The van der Waals surface area contributed by atoms with Crippen molar-refractivity contribution in [2.45, 2.75) is 0 Å². The highest BCUT2D eigenvalue weighted by molar-refractivity contribution is 7.25. The average molecular weight is 643 g/mol. The van der Waals surface area contributed by atoms with Gasteiger partial charge in [0.05, 0.1) is 22.1 Å². The smallest absolute Gasteiger partial charge is 0.165 e. The lowest BCUT2D eigenvalue weighted by Gasteiger charge is -2.14. The van der Waals surface area contributed by atoms with Gasteiger partial charge in [0.25, 0.3) is 0 Å². The topological polar surface area (TPSA) is 35.6 Å². The summed E-state index contributed by atoms with van der Waals surface area (Å²) in [6, 6.07) is 56.4. The third-order valence-electron chi connectivity index (χ3n) is 9.91. The first-order valence-corrected chi connectivity index (χ1v) is 17.3. The molecule has 0 bridgehead atoms. The van der Waals surface area contributed by atoms with Crippen molar-refractivity contribution in [1.82, 2.24) is 19.1 Å². The lowest BCUT2D eigenvalue weighted by Crippen LogP contribution is -2.03. The quantitative estimate of drug-likeness (QED) is 0.192. The van der Waals surface area contributed by atoms with Crippen LogP contribution >= 0.6 is 11.3 Å². The van der Waals surface area contributed by atoms with Crippen LogP contribution in [-0.2, 0) is 0 Å². The highest BCUT2D eigenvalue weighted by atomic mass is 32.1. The first kappa shape index (κ1) is 26.7. The van der Waals surface area contributed by atoms with Crippen LogP contribution in [0.25, 0.3) is 97.6 Å². The molecule has 7 aromatic carbocycles. The van der Waals surface area contributed by atoms with Crippen molar-refractivity contribution in [1.29, 1.82) is 0 Å². The van der Waals surface area contributed by atoms with Gasteiger partial charge in [-0.25, -0.2) is 9.97 Å². The molecule has 0 spiro atoms. The molecule has 0 atom stereocenters. The van der Waals surface area contributed by atoms with E-state index in [4.69, 9.17) is 9.97 Å². The maximum atomic E-state index is 5.62. The van der Waals surface area contributed by atoms with Gasteiger partial charge in [0.1, 0.15) is 16.0 Å². The van der Waals surface area contributed by atoms with Crippen LogP contribution in [0.15, 0.2) is 158 Å². The SMILES string of the molecule is c1ccc(-n2c3ccccc3c3c(-c4nc5sc6ccccc6c5nc4-n4c5ccccc5c5cc6ccccc6cc54)cccc32)cc1. The van der Waals surface area contributed by atoms with Crippen LogP contribution in [0.2, 0.25) is 0 Å². The van der Waals surface area contributed by atoms with Crippen LogP contribution in [0.5, 0.6) is 0 Å². The first-order valence-electron chi connectivity index (χ1n) is 16.5. The fraction of sp³-hybridized carbons (Fsp3) is 0. The van der Waals surface area contributed by atoms with Crippen molar-refractivity contribution >= 4 is 86.2 Å². The predicted molar refractivity (Wildman–Crippen MR) is 207 cm³/mol. The van der Waals surface area contributed by atoms with Gasteiger partial charge in [-0.15, -0.1) is 11.3 Å². The number of thiophene rings is 1. The number of benzene rings is 7. The van der Waals surface area contributed by atoms with Crippen LogP contribution in [0.3, 0.4) is 0 Å². The van der Waals surface area contributed by atoms with Crippen LogP contribution in [-0.4, -0.2) is 19.1 Å². The Morgan fingerprint density at radius 3 is 1.94 bits per heavy atom. The van der Waals surface area contributed by atoms with Gasteiger partial charge in [0.15, 0.2) is 5.82 Å². The first-order chi connectivity index (χ1) is 24.3. The van der Waals surface area contributed by atoms with Gasteiger partial charge in [-0.1, -0.05) is 109 Å². The van der Waals surface area contributed by atoms with Crippen LogP contribution in [0.4, 0.5) is 0 Å². The highest BCUT2D eigenvalue weighted by Crippen LogP contribution is 2.43. The molecule has 0 amide bonds. The molecule has 0 aliphatic carbocycles. The maximum Gasteiger partial charge on any atom is 0.165 e. The van der Waals surface area contributed by atoms with E-state index in [0.29, 0.717) is 0 Å². The molecule has 0 aliphatic heterocycles. The molecule has 11 rings (SSSR count). The van der Waals surface area contributed by atoms with Crippen molar-refractivity contribution in [3.8, 4) is 22.8 Å². The Labute approximate surface area is 284 Å². The van der Waals surface area contributed by atoms with Crippen molar-refractivity contribution in [2.24, 2.45) is 0 Å². The summed E-state index contributed by atoms with van der Waals surface area (Å²) in [5, 5.41) is 8.32. The van der Waals surface area contributed by atoms with E-state index in [1.807, 2.05) is 0 Å². The molecule has 5 heteroatoms. The molecule has 0 saturated carbocycles. The van der Waals surface area contributed by atoms with Crippen molar-refractivity contribution in [3.63, 3.8) is 0 Å². The molecule has 11 aromatic rings. The predicted octanol–water partition coefficient (Wildman–Crippen LogP) is 11.9. The van der Waals surface area contributed by atoms with Gasteiger partial charge >= 0.3 is 0 Å². The zero-order valence-corrected chi connectivity index (χ0v) is 27.0. The zero-order valence-electron chi connectivity index (χ0n) is 26.2. The van der Waals surface area contributed by atoms with Crippen LogP contribution in [0, 0.1) is 0 Å². The standard InChI is InChI=1S/C44H26N4S/c1-2-15-29(16-3-1)47-36-22-10-7-18-31(36)40-33(20-12-23-37(40)47)41-43(45-42-32-19-8-11-24-39(32)49-44(42)46-41)48-35-21-9-6-17-30(35)34-25-27-13-4-5-14-28(27)26-38(34)48/h1-26H. The van der Waals surface area contributed by atoms with E-state index >= 15 is 0 Å². The third kappa shape index (κ3) is 3.79. The Hall–Kier alpha value is -6.30. The number of para-hydroxylation sites is 3. The lowest BCUT2D eigenvalue weighted by atomic mass is 10.0. The number of hydrogen-bond acceptors (Lipinski definition) is 3. The second-order valence-electron chi connectivity index (χ2n) is 12.6. The van der Waals surface area contributed by atoms with Gasteiger partial charge in [-0.3, -0.25) is 4.57 Å². The Morgan fingerprint density at radius 2 is 1.10 bits per heavy atom. The molecule has 0 aliphatic rings. The fourth-order valence-corrected chi connectivity index (χ4v) is 8.82. The van der Waals surface area contributed by atoms with Gasteiger partial charge in [0, 0.05) is 42.9 Å². The summed E-state index contributed by atoms with van der Waals surface area (Å²) in [7, 11) is 0. The van der Waals surface area contributed by atoms with E-state index in [2.05, 4.69) is 167 Å². The van der Waals surface area contributed by atoms with Crippen LogP contribution < -0.4 is 0 Å². The van der Waals surface area contributed by atoms with Crippen LogP contribution in [0.1, 0.15) is 0 Å². The Morgan fingerprint density at radius 1 is 0.449 bits per heavy atom. The number of hydrogen-bond donors (Lipinski definition) is 0. The minimum atomic E-state index is 0.835. The highest BCUT2D eigenvalue weighted by Gasteiger charge is 2.24. The summed E-state index contributed by atoms with van der Waals surface area (Å²) >= 11 is 1.71. The van der Waals surface area contributed by atoms with E-state index in [-0.39, 0.29) is 0 Å². The van der Waals surface area contributed by atoms with E-state index in [1.165, 1.54) is 37.0 Å². The summed E-state index contributed by atoms with van der Waals surface area (Å²) in [5.41, 5.74) is 8.54. The fourth-order valence-electron chi connectivity index (χ4n) is 7.81. The van der Waals surface area contributed by atoms with Gasteiger partial charge in [-0.05, 0) is 59.3 Å². The number of fused-ring (bicyclic) bond motifs is 10. The van der Waals surface area contributed by atoms with Gasteiger partial charge in [-0.2, -0.15) is 0 Å². The summed E-state index contributed by atoms with van der Waals surface area (Å²) < 4.78 is 5.90. The summed E-state index contributed by atoms with van der Waals surface area (Å²) in [5.74, 6) is 0.835. The molecule has 0 fully saturated rings. The molecule has 228 valence electrons. The average Bonchev–Trinajstić information content (AvgIpc) is 3.81. The van der Waals surface area contributed by atoms with Crippen molar-refractivity contribution in [2.75, 3.05) is 0 Å². The Balaban J connectivity index is 1.33.